The predicted octanol–water partition coefficient (Wildman–Crippen LogP) is 3.06. The molecule has 0 aromatic heterocycles. The van der Waals surface area contributed by atoms with Crippen molar-refractivity contribution < 1.29 is 17.5 Å². The molecule has 1 rings (SSSR count). The van der Waals surface area contributed by atoms with Crippen molar-refractivity contribution in [2.24, 2.45) is 5.92 Å². The molecule has 0 saturated heterocycles. The Kier molecular flexibility index (Phi) is 5.04. The molecule has 7 heteroatoms. The van der Waals surface area contributed by atoms with Gasteiger partial charge in [-0.05, 0) is 12.1 Å². The number of ether oxygens (including phenoxy) is 1. The van der Waals surface area contributed by atoms with E-state index in [2.05, 4.69) is 0 Å². The van der Waals surface area contributed by atoms with Crippen molar-refractivity contribution in [2.75, 3.05) is 12.4 Å². The Bertz CT molecular complexity index is 490. The molecule has 1 aromatic rings. The Hall–Kier alpha value is -0.520. The first kappa shape index (κ1) is 14.5. The number of hydrogen-bond acceptors (Lipinski definition) is 3. The van der Waals surface area contributed by atoms with Gasteiger partial charge in [-0.1, -0.05) is 18.5 Å². The lowest BCUT2D eigenvalue weighted by molar-refractivity contribution is 0.272. The minimum atomic E-state index is -3.54. The maximum Gasteiger partial charge on any atom is 0.232 e. The fourth-order valence-corrected chi connectivity index (χ4v) is 2.78. The molecule has 0 spiro atoms. The summed E-state index contributed by atoms with van der Waals surface area (Å²) in [7, 11) is 1.57. The smallest absolute Gasteiger partial charge is 0.232 e. The van der Waals surface area contributed by atoms with Crippen molar-refractivity contribution >= 4 is 31.3 Å². The molecule has 1 unspecified atom stereocenters. The van der Waals surface area contributed by atoms with Crippen LogP contribution in [0.2, 0.25) is 5.02 Å². The molecule has 0 aliphatic carbocycles. The van der Waals surface area contributed by atoms with E-state index in [9.17, 15) is 12.8 Å². The summed E-state index contributed by atoms with van der Waals surface area (Å²) in [5.41, 5.74) is 0. The molecule has 0 aliphatic heterocycles. The highest BCUT2D eigenvalue weighted by atomic mass is 35.7. The van der Waals surface area contributed by atoms with E-state index in [4.69, 9.17) is 27.0 Å². The van der Waals surface area contributed by atoms with Crippen molar-refractivity contribution in [2.45, 2.75) is 6.92 Å². The lowest BCUT2D eigenvalue weighted by atomic mass is 10.2. The lowest BCUT2D eigenvalue weighted by Crippen LogP contribution is -2.16. The zero-order valence-corrected chi connectivity index (χ0v) is 11.3. The van der Waals surface area contributed by atoms with E-state index >= 15 is 0 Å². The van der Waals surface area contributed by atoms with Crippen LogP contribution in [-0.2, 0) is 9.05 Å². The summed E-state index contributed by atoms with van der Waals surface area (Å²) in [5, 5.41) is -0.0416. The third-order valence-electron chi connectivity index (χ3n) is 1.91. The largest absolute Gasteiger partial charge is 0.493 e. The summed E-state index contributed by atoms with van der Waals surface area (Å²) >= 11 is 5.56. The van der Waals surface area contributed by atoms with Gasteiger partial charge < -0.3 is 4.74 Å². The van der Waals surface area contributed by atoms with E-state index in [1.165, 1.54) is 18.2 Å². The minimum Gasteiger partial charge on any atom is -0.493 e. The van der Waals surface area contributed by atoms with Crippen LogP contribution < -0.4 is 4.74 Å². The molecule has 96 valence electrons. The first-order valence-electron chi connectivity index (χ1n) is 4.78. The normalized spacial score (nSPS) is 13.4. The zero-order valence-electron chi connectivity index (χ0n) is 8.99. The third kappa shape index (κ3) is 5.57. The summed E-state index contributed by atoms with van der Waals surface area (Å²) in [4.78, 5) is 0. The molecule has 0 amide bonds. The quantitative estimate of drug-likeness (QED) is 0.785. The molecular weight excluding hydrogens is 290 g/mol. The number of hydrogen-bond donors (Lipinski definition) is 0. The van der Waals surface area contributed by atoms with Crippen LogP contribution in [0.25, 0.3) is 0 Å². The Labute approximate surface area is 109 Å². The van der Waals surface area contributed by atoms with Gasteiger partial charge in [-0.25, -0.2) is 12.8 Å². The van der Waals surface area contributed by atoms with Crippen molar-refractivity contribution in [3.05, 3.63) is 29.0 Å². The average Bonchev–Trinajstić information content (AvgIpc) is 2.17. The van der Waals surface area contributed by atoms with Gasteiger partial charge in [0.1, 0.15) is 11.6 Å². The highest BCUT2D eigenvalue weighted by Crippen LogP contribution is 2.21. The monoisotopic (exact) mass is 300 g/mol. The maximum absolute atomic E-state index is 12.8. The molecule has 0 saturated carbocycles. The lowest BCUT2D eigenvalue weighted by Gasteiger charge is -2.11. The molecule has 0 radical (unpaired) electrons. The van der Waals surface area contributed by atoms with Gasteiger partial charge in [-0.15, -0.1) is 0 Å². The highest BCUT2D eigenvalue weighted by molar-refractivity contribution is 8.13. The Morgan fingerprint density at radius 2 is 2.12 bits per heavy atom. The van der Waals surface area contributed by atoms with Crippen LogP contribution in [-0.4, -0.2) is 20.8 Å². The second-order valence-corrected chi connectivity index (χ2v) is 6.93. The standard InChI is InChI=1S/C10H11Cl2FO3S/c1-7(6-17(12,14)15)5-16-8-2-3-10(13)9(11)4-8/h2-4,7H,5-6H2,1H3. The molecular formula is C10H11Cl2FO3S. The van der Waals surface area contributed by atoms with Gasteiger partial charge >= 0.3 is 0 Å². The summed E-state index contributed by atoms with van der Waals surface area (Å²) in [6, 6.07) is 3.93. The van der Waals surface area contributed by atoms with Crippen LogP contribution in [0.15, 0.2) is 18.2 Å². The van der Waals surface area contributed by atoms with Gasteiger partial charge in [0.25, 0.3) is 0 Å². The third-order valence-corrected chi connectivity index (χ3v) is 3.54. The van der Waals surface area contributed by atoms with E-state index in [-0.39, 0.29) is 23.3 Å². The van der Waals surface area contributed by atoms with Crippen LogP contribution in [0.5, 0.6) is 5.75 Å². The fraction of sp³-hybridized carbons (Fsp3) is 0.400. The van der Waals surface area contributed by atoms with Crippen LogP contribution >= 0.6 is 22.3 Å². The van der Waals surface area contributed by atoms with Crippen LogP contribution in [0.3, 0.4) is 0 Å². The predicted molar refractivity (Wildman–Crippen MR) is 65.7 cm³/mol. The Morgan fingerprint density at radius 1 is 1.47 bits per heavy atom. The van der Waals surface area contributed by atoms with Gasteiger partial charge in [0, 0.05) is 22.7 Å². The zero-order chi connectivity index (χ0) is 13.1. The summed E-state index contributed by atoms with van der Waals surface area (Å²) in [5.74, 6) is -0.587. The van der Waals surface area contributed by atoms with Crippen molar-refractivity contribution in [3.8, 4) is 5.75 Å². The van der Waals surface area contributed by atoms with Crippen LogP contribution in [0.1, 0.15) is 6.92 Å². The number of rotatable bonds is 5. The summed E-state index contributed by atoms with van der Waals surface area (Å²) < 4.78 is 39.7. The van der Waals surface area contributed by atoms with Crippen molar-refractivity contribution in [3.63, 3.8) is 0 Å². The van der Waals surface area contributed by atoms with Crippen LogP contribution in [0, 0.1) is 11.7 Å². The maximum atomic E-state index is 12.8. The molecule has 0 fully saturated rings. The van der Waals surface area contributed by atoms with E-state index < -0.39 is 14.9 Å². The summed E-state index contributed by atoms with van der Waals surface area (Å²) in [6.07, 6.45) is 0. The van der Waals surface area contributed by atoms with Gasteiger partial charge in [-0.3, -0.25) is 0 Å². The summed E-state index contributed by atoms with van der Waals surface area (Å²) in [6.45, 7) is 1.85. The first-order valence-corrected chi connectivity index (χ1v) is 7.64. The SMILES string of the molecule is CC(COc1ccc(F)c(Cl)c1)CS(=O)(=O)Cl. The van der Waals surface area contributed by atoms with Gasteiger partial charge in [0.15, 0.2) is 0 Å². The molecule has 1 atom stereocenters. The highest BCUT2D eigenvalue weighted by Gasteiger charge is 2.13. The van der Waals surface area contributed by atoms with Crippen LogP contribution in [0.4, 0.5) is 4.39 Å². The van der Waals surface area contributed by atoms with Crippen molar-refractivity contribution in [1.29, 1.82) is 0 Å². The fourth-order valence-electron chi connectivity index (χ4n) is 1.19. The first-order chi connectivity index (χ1) is 7.78. The van der Waals surface area contributed by atoms with Gasteiger partial charge in [0.2, 0.25) is 9.05 Å². The molecule has 0 heterocycles. The Balaban J connectivity index is 2.53. The second-order valence-electron chi connectivity index (χ2n) is 3.70. The van der Waals surface area contributed by atoms with Gasteiger partial charge in [0.05, 0.1) is 17.4 Å². The molecule has 17 heavy (non-hydrogen) atoms. The Morgan fingerprint density at radius 3 is 2.65 bits per heavy atom. The molecule has 0 aliphatic rings. The number of benzene rings is 1. The topological polar surface area (TPSA) is 43.4 Å². The second kappa shape index (κ2) is 5.89. The molecule has 1 aromatic carbocycles. The van der Waals surface area contributed by atoms with Crippen molar-refractivity contribution in [1.82, 2.24) is 0 Å². The molecule has 0 N–H and O–H groups in total. The molecule has 0 bridgehead atoms. The van der Waals surface area contributed by atoms with E-state index in [1.807, 2.05) is 0 Å². The number of halogens is 3. The van der Waals surface area contributed by atoms with E-state index in [1.54, 1.807) is 6.92 Å². The molecule has 3 nitrogen and oxygen atoms in total. The average molecular weight is 301 g/mol. The van der Waals surface area contributed by atoms with Gasteiger partial charge in [-0.2, -0.15) is 0 Å². The van der Waals surface area contributed by atoms with E-state index in [0.29, 0.717) is 5.75 Å². The van der Waals surface area contributed by atoms with E-state index in [0.717, 1.165) is 0 Å². The minimum absolute atomic E-state index is 0.0416.